The van der Waals surface area contributed by atoms with Gasteiger partial charge in [-0.05, 0) is 12.1 Å². The van der Waals surface area contributed by atoms with Crippen molar-refractivity contribution in [3.63, 3.8) is 0 Å². The van der Waals surface area contributed by atoms with Gasteiger partial charge in [-0.3, -0.25) is 18.5 Å². The molecule has 0 bridgehead atoms. The summed E-state index contributed by atoms with van der Waals surface area (Å²) < 4.78 is 62.7. The van der Waals surface area contributed by atoms with Crippen LogP contribution in [0.1, 0.15) is 5.56 Å². The summed E-state index contributed by atoms with van der Waals surface area (Å²) in [5, 5.41) is 10.8. The first-order chi connectivity index (χ1) is 9.77. The molecule has 0 N–H and O–H groups in total. The molecule has 0 aliphatic carbocycles. The van der Waals surface area contributed by atoms with Crippen LogP contribution in [0.5, 0.6) is 5.75 Å². The normalized spacial score (nSPS) is 22.2. The van der Waals surface area contributed by atoms with Gasteiger partial charge in [0.1, 0.15) is 12.7 Å². The van der Waals surface area contributed by atoms with Crippen LogP contribution in [0.25, 0.3) is 0 Å². The summed E-state index contributed by atoms with van der Waals surface area (Å²) in [6, 6.07) is 1.92. The maximum atomic E-state index is 12.5. The minimum atomic E-state index is -4.69. The Morgan fingerprint density at radius 2 is 2.19 bits per heavy atom. The molecule has 7 nitrogen and oxygen atoms in total. The van der Waals surface area contributed by atoms with E-state index in [1.807, 2.05) is 0 Å². The molecule has 1 aliphatic heterocycles. The van der Waals surface area contributed by atoms with E-state index < -0.39 is 39.8 Å². The lowest BCUT2D eigenvalue weighted by Crippen LogP contribution is -2.20. The highest BCUT2D eigenvalue weighted by atomic mass is 32.2. The SMILES string of the molecule is O=[N+]([O-])c1cc(C(F)(F)F)ccc1OC[C@H]1CO[S@](=O)O1. The van der Waals surface area contributed by atoms with Crippen LogP contribution in [0, 0.1) is 10.1 Å². The highest BCUT2D eigenvalue weighted by molar-refractivity contribution is 7.75. The molecule has 0 saturated carbocycles. The molecule has 1 fully saturated rings. The average Bonchev–Trinajstić information content (AvgIpc) is 2.80. The van der Waals surface area contributed by atoms with Gasteiger partial charge in [0.05, 0.1) is 17.1 Å². The number of nitro groups is 1. The van der Waals surface area contributed by atoms with Crippen LogP contribution >= 0.6 is 0 Å². The lowest BCUT2D eigenvalue weighted by molar-refractivity contribution is -0.386. The second kappa shape index (κ2) is 5.95. The zero-order valence-corrected chi connectivity index (χ0v) is 11.0. The lowest BCUT2D eigenvalue weighted by Gasteiger charge is -2.11. The zero-order chi connectivity index (χ0) is 15.6. The van der Waals surface area contributed by atoms with Crippen molar-refractivity contribution >= 4 is 17.0 Å². The van der Waals surface area contributed by atoms with Crippen molar-refractivity contribution in [1.29, 1.82) is 0 Å². The largest absolute Gasteiger partial charge is 0.484 e. The molecular formula is C10H8F3NO6S. The number of nitro benzene ring substituents is 1. The van der Waals surface area contributed by atoms with Crippen molar-refractivity contribution in [2.24, 2.45) is 0 Å². The van der Waals surface area contributed by atoms with E-state index >= 15 is 0 Å². The predicted octanol–water partition coefficient (Wildman–Crippen LogP) is 1.99. The molecule has 11 heteroatoms. The van der Waals surface area contributed by atoms with Gasteiger partial charge in [-0.15, -0.1) is 0 Å². The molecule has 2 atom stereocenters. The number of halogens is 3. The van der Waals surface area contributed by atoms with Crippen LogP contribution in [-0.4, -0.2) is 28.4 Å². The molecule has 1 heterocycles. The topological polar surface area (TPSA) is 87.9 Å². The minimum Gasteiger partial charge on any atom is -0.484 e. The number of benzene rings is 1. The maximum absolute atomic E-state index is 12.5. The highest BCUT2D eigenvalue weighted by Gasteiger charge is 2.33. The molecule has 0 amide bonds. The Labute approximate surface area is 118 Å². The van der Waals surface area contributed by atoms with Crippen LogP contribution in [0.2, 0.25) is 0 Å². The summed E-state index contributed by atoms with van der Waals surface area (Å²) in [6.45, 7) is -0.279. The van der Waals surface area contributed by atoms with Crippen LogP contribution in [0.4, 0.5) is 18.9 Å². The molecule has 1 saturated heterocycles. The highest BCUT2D eigenvalue weighted by Crippen LogP contribution is 2.36. The van der Waals surface area contributed by atoms with Gasteiger partial charge >= 0.3 is 23.2 Å². The van der Waals surface area contributed by atoms with E-state index in [1.165, 1.54) is 0 Å². The van der Waals surface area contributed by atoms with Gasteiger partial charge in [-0.25, -0.2) is 0 Å². The van der Waals surface area contributed by atoms with Crippen molar-refractivity contribution in [2.75, 3.05) is 13.2 Å². The molecule has 1 aromatic rings. The number of alkyl halides is 3. The van der Waals surface area contributed by atoms with Crippen molar-refractivity contribution in [2.45, 2.75) is 12.3 Å². The standard InChI is InChI=1S/C10H8F3NO6S/c11-10(12,13)6-1-2-9(8(3-6)14(15)16)18-4-7-5-19-21(17)20-7/h1-3,7H,4-5H2/t7-,21-/m0/s1. The molecule has 1 aliphatic rings. The van der Waals surface area contributed by atoms with E-state index in [4.69, 9.17) is 8.92 Å². The van der Waals surface area contributed by atoms with Crippen LogP contribution in [-0.2, 0) is 25.9 Å². The van der Waals surface area contributed by atoms with E-state index in [0.717, 1.165) is 6.07 Å². The molecule has 0 unspecified atom stereocenters. The number of ether oxygens (including phenoxy) is 1. The first kappa shape index (κ1) is 15.7. The Morgan fingerprint density at radius 1 is 1.48 bits per heavy atom. The monoisotopic (exact) mass is 327 g/mol. The maximum Gasteiger partial charge on any atom is 0.416 e. The number of rotatable bonds is 4. The lowest BCUT2D eigenvalue weighted by atomic mass is 10.2. The molecule has 1 aromatic carbocycles. The van der Waals surface area contributed by atoms with Crippen LogP contribution in [0.3, 0.4) is 0 Å². The summed E-state index contributed by atoms with van der Waals surface area (Å²) in [5.74, 6) is -0.339. The zero-order valence-electron chi connectivity index (χ0n) is 10.2. The summed E-state index contributed by atoms with van der Waals surface area (Å²) in [4.78, 5) is 9.83. The third kappa shape index (κ3) is 3.89. The van der Waals surface area contributed by atoms with Crippen molar-refractivity contribution in [3.8, 4) is 5.75 Å². The second-order valence-corrected chi connectivity index (χ2v) is 4.79. The Morgan fingerprint density at radius 3 is 2.71 bits per heavy atom. The molecular weight excluding hydrogens is 319 g/mol. The molecule has 2 rings (SSSR count). The Kier molecular flexibility index (Phi) is 4.44. The predicted molar refractivity (Wildman–Crippen MR) is 62.6 cm³/mol. The van der Waals surface area contributed by atoms with Gasteiger partial charge < -0.3 is 4.74 Å². The van der Waals surface area contributed by atoms with Crippen molar-refractivity contribution in [3.05, 3.63) is 33.9 Å². The molecule has 0 radical (unpaired) electrons. The van der Waals surface area contributed by atoms with E-state index in [9.17, 15) is 27.5 Å². The molecule has 116 valence electrons. The average molecular weight is 327 g/mol. The van der Waals surface area contributed by atoms with Crippen molar-refractivity contribution < 1.29 is 35.4 Å². The third-order valence-corrected chi connectivity index (χ3v) is 3.23. The van der Waals surface area contributed by atoms with E-state index in [0.29, 0.717) is 12.1 Å². The van der Waals surface area contributed by atoms with Gasteiger partial charge in [0, 0.05) is 6.07 Å². The smallest absolute Gasteiger partial charge is 0.416 e. The van der Waals surface area contributed by atoms with Gasteiger partial charge in [0.2, 0.25) is 0 Å². The fraction of sp³-hybridized carbons (Fsp3) is 0.400. The van der Waals surface area contributed by atoms with E-state index in [-0.39, 0.29) is 19.0 Å². The first-order valence-corrected chi connectivity index (χ1v) is 6.48. The van der Waals surface area contributed by atoms with Crippen LogP contribution in [0.15, 0.2) is 18.2 Å². The molecule has 0 aromatic heterocycles. The van der Waals surface area contributed by atoms with E-state index in [2.05, 4.69) is 4.18 Å². The Bertz CT molecular complexity index is 578. The van der Waals surface area contributed by atoms with Gasteiger partial charge in [-0.1, -0.05) is 0 Å². The first-order valence-electron chi connectivity index (χ1n) is 5.48. The number of hydrogen-bond donors (Lipinski definition) is 0. The fourth-order valence-electron chi connectivity index (χ4n) is 1.52. The third-order valence-electron chi connectivity index (χ3n) is 2.47. The van der Waals surface area contributed by atoms with Gasteiger partial charge in [0.25, 0.3) is 0 Å². The molecule has 21 heavy (non-hydrogen) atoms. The summed E-state index contributed by atoms with van der Waals surface area (Å²) in [6.07, 6.45) is -5.41. The second-order valence-electron chi connectivity index (χ2n) is 3.96. The number of nitrogens with zero attached hydrogens (tertiary/aromatic N) is 1. The van der Waals surface area contributed by atoms with Crippen molar-refractivity contribution in [1.82, 2.24) is 0 Å². The van der Waals surface area contributed by atoms with E-state index in [1.54, 1.807) is 0 Å². The summed E-state index contributed by atoms with van der Waals surface area (Å²) in [7, 11) is 0. The summed E-state index contributed by atoms with van der Waals surface area (Å²) in [5.41, 5.74) is -1.96. The quantitative estimate of drug-likeness (QED) is 0.621. The number of hydrogen-bond acceptors (Lipinski definition) is 6. The summed E-state index contributed by atoms with van der Waals surface area (Å²) >= 11 is -1.90. The van der Waals surface area contributed by atoms with Gasteiger partial charge in [-0.2, -0.15) is 17.4 Å². The van der Waals surface area contributed by atoms with Gasteiger partial charge in [0.15, 0.2) is 5.75 Å². The fourth-order valence-corrected chi connectivity index (χ4v) is 2.17. The Hall–Kier alpha value is -1.72. The van der Waals surface area contributed by atoms with Crippen LogP contribution < -0.4 is 4.74 Å². The Balaban J connectivity index is 2.15. The minimum absolute atomic E-state index is 0.0406. The molecule has 0 spiro atoms.